The third kappa shape index (κ3) is 5.43. The van der Waals surface area contributed by atoms with Crippen molar-refractivity contribution in [2.24, 2.45) is 5.92 Å². The molecule has 0 saturated heterocycles. The summed E-state index contributed by atoms with van der Waals surface area (Å²) in [7, 11) is 0. The van der Waals surface area contributed by atoms with Crippen LogP contribution in [0.2, 0.25) is 15.1 Å². The molecular formula is C24H19Cl3N2O2. The van der Waals surface area contributed by atoms with Gasteiger partial charge in [0.2, 0.25) is 0 Å². The Kier molecular flexibility index (Phi) is 6.87. The highest BCUT2D eigenvalue weighted by Crippen LogP contribution is 2.30. The first-order valence-corrected chi connectivity index (χ1v) is 11.1. The molecule has 0 radical (unpaired) electrons. The van der Waals surface area contributed by atoms with E-state index in [-0.39, 0.29) is 12.5 Å². The van der Waals surface area contributed by atoms with Gasteiger partial charge in [-0.25, -0.2) is 0 Å². The highest BCUT2D eigenvalue weighted by Gasteiger charge is 2.14. The topological polar surface area (TPSA) is 55.1 Å². The van der Waals surface area contributed by atoms with E-state index in [1.807, 2.05) is 0 Å². The SMILES string of the molecule is O=C(NCc1cc(-c2ccc(Cl)cc2Cl)no1)c1ccc(C#CC2CCCC2)c(Cl)c1. The van der Waals surface area contributed by atoms with Crippen LogP contribution in [0.3, 0.4) is 0 Å². The molecule has 4 nitrogen and oxygen atoms in total. The molecule has 0 bridgehead atoms. The summed E-state index contributed by atoms with van der Waals surface area (Å²) in [5, 5.41) is 8.31. The summed E-state index contributed by atoms with van der Waals surface area (Å²) in [5.74, 6) is 7.12. The molecule has 0 unspecified atom stereocenters. The van der Waals surface area contributed by atoms with Crippen molar-refractivity contribution in [3.63, 3.8) is 0 Å². The zero-order chi connectivity index (χ0) is 21.8. The van der Waals surface area contributed by atoms with Crippen molar-refractivity contribution in [1.29, 1.82) is 0 Å². The number of hydrogen-bond acceptors (Lipinski definition) is 3. The van der Waals surface area contributed by atoms with Crippen LogP contribution in [0.1, 0.15) is 47.4 Å². The number of amides is 1. The van der Waals surface area contributed by atoms with Gasteiger partial charge < -0.3 is 9.84 Å². The maximum Gasteiger partial charge on any atom is 0.251 e. The second-order valence-electron chi connectivity index (χ2n) is 7.43. The summed E-state index contributed by atoms with van der Waals surface area (Å²) in [6, 6.07) is 12.0. The molecule has 0 atom stereocenters. The van der Waals surface area contributed by atoms with Crippen molar-refractivity contribution in [2.45, 2.75) is 32.2 Å². The quantitative estimate of drug-likeness (QED) is 0.425. The minimum absolute atomic E-state index is 0.178. The molecule has 1 saturated carbocycles. The maximum absolute atomic E-state index is 12.5. The van der Waals surface area contributed by atoms with E-state index < -0.39 is 0 Å². The average molecular weight is 474 g/mol. The molecule has 4 rings (SSSR count). The van der Waals surface area contributed by atoms with Gasteiger partial charge in [0.25, 0.3) is 5.91 Å². The van der Waals surface area contributed by atoms with Gasteiger partial charge in [-0.3, -0.25) is 4.79 Å². The number of carbonyl (C=O) groups excluding carboxylic acids is 1. The third-order valence-electron chi connectivity index (χ3n) is 5.19. The largest absolute Gasteiger partial charge is 0.359 e. The maximum atomic E-state index is 12.5. The van der Waals surface area contributed by atoms with Crippen LogP contribution in [-0.2, 0) is 6.54 Å². The summed E-state index contributed by atoms with van der Waals surface area (Å²) < 4.78 is 5.31. The minimum atomic E-state index is -0.264. The van der Waals surface area contributed by atoms with Crippen LogP contribution in [-0.4, -0.2) is 11.1 Å². The van der Waals surface area contributed by atoms with Gasteiger partial charge in [0.15, 0.2) is 5.76 Å². The van der Waals surface area contributed by atoms with E-state index in [1.165, 1.54) is 12.8 Å². The molecule has 7 heteroatoms. The number of hydrogen-bond donors (Lipinski definition) is 1. The lowest BCUT2D eigenvalue weighted by atomic mass is 10.1. The van der Waals surface area contributed by atoms with E-state index in [2.05, 4.69) is 22.3 Å². The van der Waals surface area contributed by atoms with Crippen LogP contribution in [0.25, 0.3) is 11.3 Å². The highest BCUT2D eigenvalue weighted by molar-refractivity contribution is 6.36. The predicted octanol–water partition coefficient (Wildman–Crippen LogP) is 6.77. The summed E-state index contributed by atoms with van der Waals surface area (Å²) >= 11 is 18.5. The van der Waals surface area contributed by atoms with E-state index in [4.69, 9.17) is 39.3 Å². The van der Waals surface area contributed by atoms with E-state index in [0.29, 0.717) is 43.6 Å². The monoisotopic (exact) mass is 472 g/mol. The Morgan fingerprint density at radius 1 is 1.06 bits per heavy atom. The molecule has 2 aromatic carbocycles. The lowest BCUT2D eigenvalue weighted by molar-refractivity contribution is 0.0947. The molecule has 0 aliphatic heterocycles. The molecule has 31 heavy (non-hydrogen) atoms. The zero-order valence-corrected chi connectivity index (χ0v) is 18.8. The standard InChI is InChI=1S/C24H19Cl3N2O2/c25-18-9-10-20(22(27)12-18)23-13-19(31-29-23)14-28-24(30)17-8-7-16(21(26)11-17)6-5-15-3-1-2-4-15/h7-13,15H,1-4,14H2,(H,28,30). The van der Waals surface area contributed by atoms with Gasteiger partial charge in [-0.2, -0.15) is 0 Å². The highest BCUT2D eigenvalue weighted by atomic mass is 35.5. The summed E-state index contributed by atoms with van der Waals surface area (Å²) in [6.07, 6.45) is 4.79. The van der Waals surface area contributed by atoms with Crippen molar-refractivity contribution in [2.75, 3.05) is 0 Å². The molecule has 0 spiro atoms. The number of rotatable bonds is 4. The Labute approximate surface area is 195 Å². The smallest absolute Gasteiger partial charge is 0.251 e. The Morgan fingerprint density at radius 2 is 1.87 bits per heavy atom. The fourth-order valence-corrected chi connectivity index (χ4v) is 4.23. The van der Waals surface area contributed by atoms with Gasteiger partial charge in [-0.05, 0) is 49.2 Å². The predicted molar refractivity (Wildman–Crippen MR) is 123 cm³/mol. The first-order valence-electron chi connectivity index (χ1n) is 10.00. The summed E-state index contributed by atoms with van der Waals surface area (Å²) in [5.41, 5.74) is 2.47. The Bertz CT molecular complexity index is 1170. The van der Waals surface area contributed by atoms with Gasteiger partial charge in [0.1, 0.15) is 5.69 Å². The second kappa shape index (κ2) is 9.78. The zero-order valence-electron chi connectivity index (χ0n) is 16.6. The van der Waals surface area contributed by atoms with E-state index in [1.54, 1.807) is 42.5 Å². The molecule has 1 aliphatic carbocycles. The average Bonchev–Trinajstić information content (AvgIpc) is 3.43. The van der Waals surface area contributed by atoms with Crippen LogP contribution < -0.4 is 5.32 Å². The third-order valence-corrected chi connectivity index (χ3v) is 6.05. The van der Waals surface area contributed by atoms with Crippen LogP contribution in [0.5, 0.6) is 0 Å². The van der Waals surface area contributed by atoms with Crippen LogP contribution in [0.4, 0.5) is 0 Å². The van der Waals surface area contributed by atoms with Gasteiger partial charge in [-0.1, -0.05) is 64.6 Å². The Morgan fingerprint density at radius 3 is 2.61 bits per heavy atom. The number of nitrogens with one attached hydrogen (secondary N) is 1. The molecular weight excluding hydrogens is 455 g/mol. The van der Waals surface area contributed by atoms with Crippen LogP contribution in [0.15, 0.2) is 47.0 Å². The lowest BCUT2D eigenvalue weighted by Gasteiger charge is -2.05. The number of halogens is 3. The van der Waals surface area contributed by atoms with Crippen molar-refractivity contribution in [1.82, 2.24) is 10.5 Å². The summed E-state index contributed by atoms with van der Waals surface area (Å²) in [6.45, 7) is 0.178. The minimum Gasteiger partial charge on any atom is -0.359 e. The van der Waals surface area contributed by atoms with Gasteiger partial charge in [0, 0.05) is 33.7 Å². The van der Waals surface area contributed by atoms with Crippen molar-refractivity contribution < 1.29 is 9.32 Å². The fraction of sp³-hybridized carbons (Fsp3) is 0.250. The van der Waals surface area contributed by atoms with Gasteiger partial charge in [-0.15, -0.1) is 0 Å². The molecule has 1 aromatic heterocycles. The molecule has 1 amide bonds. The first kappa shape index (κ1) is 21.8. The number of nitrogens with zero attached hydrogens (tertiary/aromatic N) is 1. The van der Waals surface area contributed by atoms with E-state index in [0.717, 1.165) is 18.4 Å². The number of benzene rings is 2. The van der Waals surface area contributed by atoms with Crippen molar-refractivity contribution >= 4 is 40.7 Å². The molecule has 1 aliphatic rings. The first-order chi connectivity index (χ1) is 15.0. The lowest BCUT2D eigenvalue weighted by Crippen LogP contribution is -2.22. The Balaban J connectivity index is 1.39. The van der Waals surface area contributed by atoms with Gasteiger partial charge >= 0.3 is 0 Å². The van der Waals surface area contributed by atoms with Crippen LogP contribution in [0, 0.1) is 17.8 Å². The van der Waals surface area contributed by atoms with E-state index >= 15 is 0 Å². The Hall–Kier alpha value is -2.45. The molecule has 158 valence electrons. The van der Waals surface area contributed by atoms with Crippen LogP contribution >= 0.6 is 34.8 Å². The molecule has 3 aromatic rings. The number of carbonyl (C=O) groups is 1. The summed E-state index contributed by atoms with van der Waals surface area (Å²) in [4.78, 5) is 12.5. The molecule has 1 heterocycles. The fourth-order valence-electron chi connectivity index (χ4n) is 3.50. The molecule has 1 N–H and O–H groups in total. The molecule has 1 fully saturated rings. The second-order valence-corrected chi connectivity index (χ2v) is 8.68. The van der Waals surface area contributed by atoms with Crippen molar-refractivity contribution in [3.05, 3.63) is 74.4 Å². The van der Waals surface area contributed by atoms with E-state index in [9.17, 15) is 4.79 Å². The number of aromatic nitrogens is 1. The normalized spacial score (nSPS) is 13.6. The van der Waals surface area contributed by atoms with Crippen molar-refractivity contribution in [3.8, 4) is 23.1 Å². The van der Waals surface area contributed by atoms with Gasteiger partial charge in [0.05, 0.1) is 16.6 Å².